The van der Waals surface area contributed by atoms with E-state index in [4.69, 9.17) is 10.2 Å². The Balaban J connectivity index is 1.62. The van der Waals surface area contributed by atoms with Crippen molar-refractivity contribution in [3.05, 3.63) is 84.3 Å². The van der Waals surface area contributed by atoms with Crippen LogP contribution in [0, 0.1) is 0 Å². The highest BCUT2D eigenvalue weighted by atomic mass is 16.3. The normalized spacial score (nSPS) is 11.9. The van der Waals surface area contributed by atoms with Gasteiger partial charge in [0.05, 0.1) is 18.0 Å². The molecular formula is C22H21N3O4. The van der Waals surface area contributed by atoms with E-state index >= 15 is 0 Å². The highest BCUT2D eigenvalue weighted by Gasteiger charge is 2.16. The molecule has 1 heterocycles. The molecule has 7 nitrogen and oxygen atoms in total. The van der Waals surface area contributed by atoms with Gasteiger partial charge in [-0.25, -0.2) is 0 Å². The summed E-state index contributed by atoms with van der Waals surface area (Å²) in [6.45, 7) is 0. The smallest absolute Gasteiger partial charge is 0.248 e. The first kappa shape index (κ1) is 19.9. The molecule has 1 atom stereocenters. The first-order chi connectivity index (χ1) is 14.0. The Morgan fingerprint density at radius 3 is 2.59 bits per heavy atom. The van der Waals surface area contributed by atoms with Crippen molar-refractivity contribution in [3.8, 4) is 5.75 Å². The van der Waals surface area contributed by atoms with Crippen LogP contribution in [0.1, 0.15) is 11.3 Å². The van der Waals surface area contributed by atoms with Gasteiger partial charge < -0.3 is 25.9 Å². The molecule has 0 radical (unpaired) electrons. The van der Waals surface area contributed by atoms with Crippen LogP contribution in [0.25, 0.3) is 6.08 Å². The molecular weight excluding hydrogens is 370 g/mol. The molecule has 0 fully saturated rings. The first-order valence-corrected chi connectivity index (χ1v) is 8.97. The van der Waals surface area contributed by atoms with Crippen LogP contribution in [0.2, 0.25) is 0 Å². The number of furan rings is 1. The van der Waals surface area contributed by atoms with Gasteiger partial charge in [0.2, 0.25) is 11.8 Å². The maximum absolute atomic E-state index is 12.4. The third-order valence-electron chi connectivity index (χ3n) is 4.10. The van der Waals surface area contributed by atoms with Crippen LogP contribution < -0.4 is 16.4 Å². The van der Waals surface area contributed by atoms with Gasteiger partial charge in [0, 0.05) is 11.8 Å². The van der Waals surface area contributed by atoms with Crippen molar-refractivity contribution >= 4 is 29.3 Å². The average Bonchev–Trinajstić information content (AvgIpc) is 3.23. The summed E-state index contributed by atoms with van der Waals surface area (Å²) in [5.41, 5.74) is 7.47. The van der Waals surface area contributed by atoms with Crippen molar-refractivity contribution < 1.29 is 19.1 Å². The van der Waals surface area contributed by atoms with E-state index in [2.05, 4.69) is 10.6 Å². The molecule has 148 valence electrons. The average molecular weight is 391 g/mol. The number of hydrogen-bond acceptors (Lipinski definition) is 5. The van der Waals surface area contributed by atoms with Crippen molar-refractivity contribution in [1.82, 2.24) is 0 Å². The molecule has 0 unspecified atom stereocenters. The zero-order chi connectivity index (χ0) is 20.6. The fraction of sp³-hybridized carbons (Fsp3) is 0.0909. The Labute approximate surface area is 167 Å². The SMILES string of the molecule is N[C@@H](Cc1ccccc1)C(=O)Nc1cc(NC(=O)C=Cc2ccco2)ccc1O. The molecule has 29 heavy (non-hydrogen) atoms. The van der Waals surface area contributed by atoms with Crippen molar-refractivity contribution in [2.24, 2.45) is 5.73 Å². The van der Waals surface area contributed by atoms with Crippen molar-refractivity contribution in [2.75, 3.05) is 10.6 Å². The Hall–Kier alpha value is -3.84. The van der Waals surface area contributed by atoms with Crippen molar-refractivity contribution in [1.29, 1.82) is 0 Å². The van der Waals surface area contributed by atoms with E-state index in [1.807, 2.05) is 30.3 Å². The van der Waals surface area contributed by atoms with E-state index in [1.165, 1.54) is 36.6 Å². The number of hydrogen-bond donors (Lipinski definition) is 4. The standard InChI is InChI=1S/C22H21N3O4/c23-18(13-15-5-2-1-3-6-15)22(28)25-19-14-16(8-10-20(19)26)24-21(27)11-9-17-7-4-12-29-17/h1-12,14,18,26H,13,23H2,(H,24,27)(H,25,28)/t18-/m0/s1. The van der Waals surface area contributed by atoms with Gasteiger partial charge in [0.25, 0.3) is 0 Å². The van der Waals surface area contributed by atoms with Crippen LogP contribution in [0.3, 0.4) is 0 Å². The van der Waals surface area contributed by atoms with Crippen molar-refractivity contribution in [2.45, 2.75) is 12.5 Å². The number of carbonyl (C=O) groups is 2. The predicted molar refractivity (Wildman–Crippen MR) is 111 cm³/mol. The van der Waals surface area contributed by atoms with E-state index in [0.717, 1.165) is 5.56 Å². The largest absolute Gasteiger partial charge is 0.506 e. The molecule has 3 aromatic rings. The summed E-state index contributed by atoms with van der Waals surface area (Å²) >= 11 is 0. The van der Waals surface area contributed by atoms with Gasteiger partial charge in [-0.1, -0.05) is 30.3 Å². The van der Waals surface area contributed by atoms with Crippen LogP contribution in [-0.4, -0.2) is 23.0 Å². The lowest BCUT2D eigenvalue weighted by Crippen LogP contribution is -2.37. The second-order valence-corrected chi connectivity index (χ2v) is 6.36. The van der Waals surface area contributed by atoms with Gasteiger partial charge in [-0.2, -0.15) is 0 Å². The van der Waals surface area contributed by atoms with Gasteiger partial charge in [0.15, 0.2) is 0 Å². The third kappa shape index (κ3) is 5.82. The Morgan fingerprint density at radius 2 is 1.86 bits per heavy atom. The number of amides is 2. The second kappa shape index (κ2) is 9.38. The van der Waals surface area contributed by atoms with Gasteiger partial charge in [-0.05, 0) is 48.4 Å². The highest BCUT2D eigenvalue weighted by Crippen LogP contribution is 2.27. The van der Waals surface area contributed by atoms with Gasteiger partial charge in [-0.3, -0.25) is 9.59 Å². The summed E-state index contributed by atoms with van der Waals surface area (Å²) in [5.74, 6) is -0.406. The first-order valence-electron chi connectivity index (χ1n) is 8.97. The van der Waals surface area contributed by atoms with E-state index < -0.39 is 11.9 Å². The predicted octanol–water partition coefficient (Wildman–Crippen LogP) is 3.15. The summed E-state index contributed by atoms with van der Waals surface area (Å²) in [6.07, 6.45) is 4.72. The Bertz CT molecular complexity index is 998. The van der Waals surface area contributed by atoms with Crippen LogP contribution in [0.4, 0.5) is 11.4 Å². The number of rotatable bonds is 7. The molecule has 5 N–H and O–H groups in total. The number of nitrogens with one attached hydrogen (secondary N) is 2. The number of anilines is 2. The summed E-state index contributed by atoms with van der Waals surface area (Å²) < 4.78 is 5.12. The fourth-order valence-corrected chi connectivity index (χ4v) is 2.63. The molecule has 2 amide bonds. The molecule has 0 aliphatic rings. The van der Waals surface area contributed by atoms with E-state index in [-0.39, 0.29) is 17.3 Å². The lowest BCUT2D eigenvalue weighted by molar-refractivity contribution is -0.117. The number of benzene rings is 2. The molecule has 0 bridgehead atoms. The highest BCUT2D eigenvalue weighted by molar-refractivity contribution is 6.03. The zero-order valence-electron chi connectivity index (χ0n) is 15.5. The van der Waals surface area contributed by atoms with E-state index in [0.29, 0.717) is 17.9 Å². The van der Waals surface area contributed by atoms with Crippen LogP contribution in [0.15, 0.2) is 77.4 Å². The van der Waals surface area contributed by atoms with E-state index in [9.17, 15) is 14.7 Å². The number of phenols is 1. The van der Waals surface area contributed by atoms with Gasteiger partial charge in [-0.15, -0.1) is 0 Å². The monoisotopic (exact) mass is 391 g/mol. The molecule has 1 aromatic heterocycles. The summed E-state index contributed by atoms with van der Waals surface area (Å²) in [6, 6.07) is 16.4. The minimum atomic E-state index is -0.786. The number of phenolic OH excluding ortho intramolecular Hbond substituents is 1. The van der Waals surface area contributed by atoms with Crippen LogP contribution >= 0.6 is 0 Å². The molecule has 0 saturated carbocycles. The topological polar surface area (TPSA) is 118 Å². The van der Waals surface area contributed by atoms with Crippen LogP contribution in [0.5, 0.6) is 5.75 Å². The number of aromatic hydroxyl groups is 1. The third-order valence-corrected chi connectivity index (χ3v) is 4.10. The lowest BCUT2D eigenvalue weighted by atomic mass is 10.1. The summed E-state index contributed by atoms with van der Waals surface area (Å²) in [5, 5.41) is 15.3. The molecule has 0 aliphatic carbocycles. The number of carbonyl (C=O) groups excluding carboxylic acids is 2. The van der Waals surface area contributed by atoms with Gasteiger partial charge >= 0.3 is 0 Å². The molecule has 7 heteroatoms. The lowest BCUT2D eigenvalue weighted by Gasteiger charge is -2.14. The molecule has 3 rings (SSSR count). The van der Waals surface area contributed by atoms with E-state index in [1.54, 1.807) is 12.1 Å². The quantitative estimate of drug-likeness (QED) is 0.280. The summed E-state index contributed by atoms with van der Waals surface area (Å²) in [4.78, 5) is 24.4. The van der Waals surface area contributed by atoms with Crippen LogP contribution in [-0.2, 0) is 16.0 Å². The maximum atomic E-state index is 12.4. The molecule has 2 aromatic carbocycles. The molecule has 0 spiro atoms. The maximum Gasteiger partial charge on any atom is 0.248 e. The Kier molecular flexibility index (Phi) is 6.44. The minimum Gasteiger partial charge on any atom is -0.506 e. The minimum absolute atomic E-state index is 0.130. The molecule has 0 saturated heterocycles. The van der Waals surface area contributed by atoms with Crippen molar-refractivity contribution in [3.63, 3.8) is 0 Å². The fourth-order valence-electron chi connectivity index (χ4n) is 2.63. The Morgan fingerprint density at radius 1 is 1.07 bits per heavy atom. The molecule has 0 aliphatic heterocycles. The summed E-state index contributed by atoms with van der Waals surface area (Å²) in [7, 11) is 0. The van der Waals surface area contributed by atoms with Gasteiger partial charge in [0.1, 0.15) is 11.5 Å². The second-order valence-electron chi connectivity index (χ2n) is 6.36. The number of nitrogens with two attached hydrogens (primary N) is 1. The zero-order valence-corrected chi connectivity index (χ0v) is 15.5.